The molecule has 0 N–H and O–H groups in total. The molecule has 0 spiro atoms. The van der Waals surface area contributed by atoms with Crippen molar-refractivity contribution in [1.82, 2.24) is 20.0 Å². The molecule has 0 bridgehead atoms. The van der Waals surface area contributed by atoms with Gasteiger partial charge in [-0.1, -0.05) is 53.4 Å². The Kier molecular flexibility index (Phi) is 13.7. The summed E-state index contributed by atoms with van der Waals surface area (Å²) in [4.78, 5) is 28.8. The molecule has 0 amide bonds. The average molecular weight is 548 g/mol. The minimum absolute atomic E-state index is 0.0993. The molecule has 1 aromatic rings. The van der Waals surface area contributed by atoms with Crippen LogP contribution in [0, 0.1) is 0 Å². The van der Waals surface area contributed by atoms with Crippen LogP contribution >= 0.6 is 0 Å². The maximum atomic E-state index is 6.16. The van der Waals surface area contributed by atoms with Crippen molar-refractivity contribution in [3.63, 3.8) is 0 Å². The summed E-state index contributed by atoms with van der Waals surface area (Å²) in [5, 5.41) is 2.23. The third-order valence-electron chi connectivity index (χ3n) is 7.98. The van der Waals surface area contributed by atoms with E-state index in [0.29, 0.717) is 12.6 Å². The summed E-state index contributed by atoms with van der Waals surface area (Å²) in [6.07, 6.45) is 11.2. The summed E-state index contributed by atoms with van der Waals surface area (Å²) < 4.78 is 0. The van der Waals surface area contributed by atoms with Crippen molar-refractivity contribution in [2.45, 2.75) is 144 Å². The van der Waals surface area contributed by atoms with E-state index in [1.165, 1.54) is 0 Å². The van der Waals surface area contributed by atoms with Gasteiger partial charge in [0, 0.05) is 50.3 Å². The van der Waals surface area contributed by atoms with Gasteiger partial charge in [0.05, 0.1) is 6.61 Å². The van der Waals surface area contributed by atoms with Gasteiger partial charge >= 0.3 is 0 Å². The van der Waals surface area contributed by atoms with E-state index in [1.807, 2.05) is 0 Å². The highest BCUT2D eigenvalue weighted by Crippen LogP contribution is 2.41. The first kappa shape index (κ1) is 33.5. The zero-order valence-electron chi connectivity index (χ0n) is 27.2. The van der Waals surface area contributed by atoms with E-state index in [2.05, 4.69) is 89.1 Å². The van der Waals surface area contributed by atoms with Crippen LogP contribution in [0.4, 0.5) is 17.8 Å². The molecule has 0 saturated carbocycles. The van der Waals surface area contributed by atoms with Crippen molar-refractivity contribution in [3.05, 3.63) is 0 Å². The van der Waals surface area contributed by atoms with Crippen LogP contribution in [0.3, 0.4) is 0 Å². The molecule has 2 rings (SSSR count). The molecule has 0 atom stereocenters. The number of aromatic nitrogens is 3. The molecule has 1 saturated heterocycles. The lowest BCUT2D eigenvalue weighted by atomic mass is 9.78. The standard InChI is InChI=1S/C31H61N7O/c1-11-16-20-36(21-17-12-2)28-32-27(33-29(34-28)37(22-18-13-3)23-19-14-4)35(10)26-24-30(6,7)38(39-15-5)31(8,9)25-26/h26H,11-25H2,1-10H3. The molecule has 2 heterocycles. The molecule has 0 aliphatic carbocycles. The largest absolute Gasteiger partial charge is 0.341 e. The van der Waals surface area contributed by atoms with Gasteiger partial charge in [-0.25, -0.2) is 0 Å². The highest BCUT2D eigenvalue weighted by atomic mass is 16.7. The van der Waals surface area contributed by atoms with Crippen LogP contribution in [0.1, 0.15) is 127 Å². The van der Waals surface area contributed by atoms with Gasteiger partial charge < -0.3 is 14.7 Å². The number of nitrogens with zero attached hydrogens (tertiary/aromatic N) is 7. The average Bonchev–Trinajstić information content (AvgIpc) is 2.89. The number of hydrogen-bond acceptors (Lipinski definition) is 8. The van der Waals surface area contributed by atoms with Crippen molar-refractivity contribution in [1.29, 1.82) is 0 Å². The van der Waals surface area contributed by atoms with Crippen molar-refractivity contribution >= 4 is 17.8 Å². The molecular weight excluding hydrogens is 486 g/mol. The Balaban J connectivity index is 2.53. The Bertz CT molecular complexity index is 759. The van der Waals surface area contributed by atoms with Crippen LogP contribution in [-0.2, 0) is 4.84 Å². The molecule has 39 heavy (non-hydrogen) atoms. The molecule has 226 valence electrons. The summed E-state index contributed by atoms with van der Waals surface area (Å²) in [6.45, 7) is 24.9. The van der Waals surface area contributed by atoms with Gasteiger partial charge in [0.25, 0.3) is 0 Å². The van der Waals surface area contributed by atoms with Crippen LogP contribution in [0.15, 0.2) is 0 Å². The van der Waals surface area contributed by atoms with Crippen molar-refractivity contribution < 1.29 is 4.84 Å². The zero-order valence-corrected chi connectivity index (χ0v) is 27.2. The Morgan fingerprint density at radius 3 is 1.36 bits per heavy atom. The summed E-state index contributed by atoms with van der Waals surface area (Å²) in [5.41, 5.74) is -0.199. The molecule has 1 aliphatic heterocycles. The monoisotopic (exact) mass is 547 g/mol. The third kappa shape index (κ3) is 9.44. The van der Waals surface area contributed by atoms with Crippen LogP contribution in [0.2, 0.25) is 0 Å². The second-order valence-electron chi connectivity index (χ2n) is 12.6. The normalized spacial score (nSPS) is 17.4. The molecule has 0 radical (unpaired) electrons. The first-order valence-corrected chi connectivity index (χ1v) is 16.0. The van der Waals surface area contributed by atoms with Gasteiger partial charge in [-0.05, 0) is 73.1 Å². The van der Waals surface area contributed by atoms with E-state index in [0.717, 1.165) is 108 Å². The maximum Gasteiger partial charge on any atom is 0.231 e. The lowest BCUT2D eigenvalue weighted by Crippen LogP contribution is -2.63. The molecule has 0 unspecified atom stereocenters. The van der Waals surface area contributed by atoms with Crippen LogP contribution < -0.4 is 14.7 Å². The molecule has 8 nitrogen and oxygen atoms in total. The van der Waals surface area contributed by atoms with E-state index in [1.54, 1.807) is 0 Å². The van der Waals surface area contributed by atoms with Crippen molar-refractivity contribution in [2.24, 2.45) is 0 Å². The first-order chi connectivity index (χ1) is 18.5. The number of rotatable bonds is 18. The van der Waals surface area contributed by atoms with Gasteiger partial charge in [-0.2, -0.15) is 20.0 Å². The van der Waals surface area contributed by atoms with E-state index >= 15 is 0 Å². The fourth-order valence-corrected chi connectivity index (χ4v) is 5.93. The van der Waals surface area contributed by atoms with Crippen molar-refractivity contribution in [2.75, 3.05) is 54.5 Å². The van der Waals surface area contributed by atoms with Gasteiger partial charge in [0.15, 0.2) is 0 Å². The number of anilines is 3. The van der Waals surface area contributed by atoms with Gasteiger partial charge in [0.2, 0.25) is 17.8 Å². The number of hydroxylamine groups is 2. The van der Waals surface area contributed by atoms with Gasteiger partial charge in [-0.3, -0.25) is 4.84 Å². The van der Waals surface area contributed by atoms with Crippen molar-refractivity contribution in [3.8, 4) is 0 Å². The van der Waals surface area contributed by atoms with Gasteiger partial charge in [0.1, 0.15) is 0 Å². The van der Waals surface area contributed by atoms with Crippen LogP contribution in [0.5, 0.6) is 0 Å². The highest BCUT2D eigenvalue weighted by Gasteiger charge is 2.47. The number of hydrogen-bond donors (Lipinski definition) is 0. The number of piperidine rings is 1. The Hall–Kier alpha value is -1.67. The quantitative estimate of drug-likeness (QED) is 0.193. The minimum Gasteiger partial charge on any atom is -0.341 e. The van der Waals surface area contributed by atoms with E-state index in [9.17, 15) is 0 Å². The predicted molar refractivity (Wildman–Crippen MR) is 167 cm³/mol. The minimum atomic E-state index is -0.0993. The fourth-order valence-electron chi connectivity index (χ4n) is 5.93. The summed E-state index contributed by atoms with van der Waals surface area (Å²) in [6, 6.07) is 0.300. The summed E-state index contributed by atoms with van der Waals surface area (Å²) >= 11 is 0. The van der Waals surface area contributed by atoms with E-state index < -0.39 is 0 Å². The Labute approximate surface area is 240 Å². The summed E-state index contributed by atoms with van der Waals surface area (Å²) in [5.74, 6) is 2.48. The molecule has 1 aliphatic rings. The first-order valence-electron chi connectivity index (χ1n) is 16.0. The second kappa shape index (κ2) is 15.9. The fraction of sp³-hybridized carbons (Fsp3) is 0.903. The topological polar surface area (TPSA) is 60.9 Å². The summed E-state index contributed by atoms with van der Waals surface area (Å²) in [7, 11) is 2.18. The van der Waals surface area contributed by atoms with Crippen LogP contribution in [0.25, 0.3) is 0 Å². The third-order valence-corrected chi connectivity index (χ3v) is 7.98. The molecule has 1 fully saturated rings. The zero-order chi connectivity index (χ0) is 29.1. The van der Waals surface area contributed by atoms with E-state index in [-0.39, 0.29) is 11.1 Å². The van der Waals surface area contributed by atoms with Gasteiger partial charge in [-0.15, -0.1) is 0 Å². The predicted octanol–water partition coefficient (Wildman–Crippen LogP) is 7.09. The Morgan fingerprint density at radius 1 is 0.667 bits per heavy atom. The second-order valence-corrected chi connectivity index (χ2v) is 12.6. The molecular formula is C31H61N7O. The molecule has 1 aromatic heterocycles. The lowest BCUT2D eigenvalue weighted by Gasteiger charge is -2.55. The van der Waals surface area contributed by atoms with Crippen LogP contribution in [-0.4, -0.2) is 77.0 Å². The molecule has 8 heteroatoms. The van der Waals surface area contributed by atoms with E-state index in [4.69, 9.17) is 19.8 Å². The number of unbranched alkanes of at least 4 members (excludes halogenated alkanes) is 4. The highest BCUT2D eigenvalue weighted by molar-refractivity contribution is 5.47. The lowest BCUT2D eigenvalue weighted by molar-refractivity contribution is -0.280. The smallest absolute Gasteiger partial charge is 0.231 e. The molecule has 0 aromatic carbocycles. The maximum absolute atomic E-state index is 6.16. The SMILES string of the molecule is CCCCN(CCCC)c1nc(N(CCCC)CCCC)nc(N(C)C2CC(C)(C)N(OCC)C(C)(C)C2)n1. The Morgan fingerprint density at radius 2 is 1.03 bits per heavy atom.